The fourth-order valence-corrected chi connectivity index (χ4v) is 4.05. The number of hydrogen-bond acceptors (Lipinski definition) is 3. The van der Waals surface area contributed by atoms with E-state index in [2.05, 4.69) is 26.1 Å². The van der Waals surface area contributed by atoms with Gasteiger partial charge in [0.2, 0.25) is 0 Å². The summed E-state index contributed by atoms with van der Waals surface area (Å²) in [6, 6.07) is 0.250. The van der Waals surface area contributed by atoms with Crippen molar-refractivity contribution in [3.05, 3.63) is 0 Å². The van der Waals surface area contributed by atoms with Gasteiger partial charge in [-0.05, 0) is 45.6 Å². The van der Waals surface area contributed by atoms with Crippen LogP contribution in [0.1, 0.15) is 54.4 Å². The van der Waals surface area contributed by atoms with Crippen LogP contribution < -0.4 is 5.32 Å². The van der Waals surface area contributed by atoms with Gasteiger partial charge in [0.25, 0.3) is 0 Å². The summed E-state index contributed by atoms with van der Waals surface area (Å²) in [7, 11) is 0. The summed E-state index contributed by atoms with van der Waals surface area (Å²) in [6.07, 6.45) is 2.09. The Morgan fingerprint density at radius 2 is 1.85 bits per heavy atom. The van der Waals surface area contributed by atoms with E-state index >= 15 is 0 Å². The zero-order chi connectivity index (χ0) is 15.2. The lowest BCUT2D eigenvalue weighted by molar-refractivity contribution is -0.00132. The van der Waals surface area contributed by atoms with Gasteiger partial charge >= 0.3 is 6.09 Å². The number of nitrogens with one attached hydrogen (secondary N) is 1. The van der Waals surface area contributed by atoms with Gasteiger partial charge in [-0.1, -0.05) is 20.8 Å². The van der Waals surface area contributed by atoms with Crippen LogP contribution in [-0.4, -0.2) is 42.3 Å². The highest BCUT2D eigenvalue weighted by Gasteiger charge is 2.55. The summed E-state index contributed by atoms with van der Waals surface area (Å²) in [5, 5.41) is 3.49. The Kier molecular flexibility index (Phi) is 3.83. The zero-order valence-electron chi connectivity index (χ0n) is 13.9. The van der Waals surface area contributed by atoms with E-state index in [1.54, 1.807) is 0 Å². The number of hydrogen-bond donors (Lipinski definition) is 1. The zero-order valence-corrected chi connectivity index (χ0v) is 13.9. The summed E-state index contributed by atoms with van der Waals surface area (Å²) in [5.74, 6) is 0. The second-order valence-corrected chi connectivity index (χ2v) is 8.48. The van der Waals surface area contributed by atoms with Crippen molar-refractivity contribution in [3.63, 3.8) is 0 Å². The van der Waals surface area contributed by atoms with E-state index < -0.39 is 5.60 Å². The van der Waals surface area contributed by atoms with Crippen molar-refractivity contribution in [2.24, 2.45) is 10.8 Å². The molecule has 2 saturated heterocycles. The molecule has 4 heteroatoms. The largest absolute Gasteiger partial charge is 0.444 e. The normalized spacial score (nSPS) is 31.1. The molecule has 2 atom stereocenters. The average molecular weight is 282 g/mol. The molecule has 1 amide bonds. The Morgan fingerprint density at radius 1 is 1.20 bits per heavy atom. The van der Waals surface area contributed by atoms with Crippen LogP contribution in [0, 0.1) is 10.8 Å². The van der Waals surface area contributed by atoms with Crippen LogP contribution >= 0.6 is 0 Å². The smallest absolute Gasteiger partial charge is 0.410 e. The molecule has 0 aromatic heterocycles. The minimum Gasteiger partial charge on any atom is -0.444 e. The highest BCUT2D eigenvalue weighted by atomic mass is 16.6. The Labute approximate surface area is 123 Å². The summed E-state index contributed by atoms with van der Waals surface area (Å²) in [5.41, 5.74) is -0.127. The molecule has 0 aromatic carbocycles. The topological polar surface area (TPSA) is 41.6 Å². The van der Waals surface area contributed by atoms with Crippen molar-refractivity contribution in [2.45, 2.75) is 66.0 Å². The first-order chi connectivity index (χ1) is 9.05. The third-order valence-corrected chi connectivity index (χ3v) is 4.47. The number of likely N-dealkylation sites (tertiary alicyclic amines) is 1. The highest BCUT2D eigenvalue weighted by molar-refractivity contribution is 5.69. The molecule has 2 aliphatic rings. The molecule has 2 aliphatic heterocycles. The number of carbonyl (C=O) groups is 1. The average Bonchev–Trinajstić information content (AvgIpc) is 2.83. The second-order valence-electron chi connectivity index (χ2n) is 8.48. The lowest BCUT2D eigenvalue weighted by Gasteiger charge is -2.43. The quantitative estimate of drug-likeness (QED) is 0.742. The van der Waals surface area contributed by atoms with Crippen LogP contribution in [0.5, 0.6) is 0 Å². The fourth-order valence-electron chi connectivity index (χ4n) is 4.05. The first-order valence-corrected chi connectivity index (χ1v) is 7.76. The van der Waals surface area contributed by atoms with Crippen molar-refractivity contribution >= 4 is 6.09 Å². The molecule has 0 saturated carbocycles. The summed E-state index contributed by atoms with van der Waals surface area (Å²) in [6.45, 7) is 15.4. The Bertz CT molecular complexity index is 373. The van der Waals surface area contributed by atoms with E-state index in [0.717, 1.165) is 32.5 Å². The number of nitrogens with zero attached hydrogens (tertiary/aromatic N) is 1. The van der Waals surface area contributed by atoms with Gasteiger partial charge in [0.1, 0.15) is 5.60 Å². The fraction of sp³-hybridized carbons (Fsp3) is 0.938. The van der Waals surface area contributed by atoms with Gasteiger partial charge in [0.15, 0.2) is 0 Å². The molecule has 1 N–H and O–H groups in total. The first-order valence-electron chi connectivity index (χ1n) is 7.76. The molecular weight excluding hydrogens is 252 g/mol. The third kappa shape index (κ3) is 2.95. The van der Waals surface area contributed by atoms with E-state index in [9.17, 15) is 4.79 Å². The van der Waals surface area contributed by atoms with E-state index in [1.807, 2.05) is 25.7 Å². The van der Waals surface area contributed by atoms with Gasteiger partial charge in [-0.25, -0.2) is 4.79 Å². The standard InChI is InChI=1S/C16H30N2O2/c1-14(2,3)12-16(7-9-17-11-16)8-10-18(12)13(19)20-15(4,5)6/h12,17H,7-11H2,1-6H3. The molecular formula is C16H30N2O2. The Hall–Kier alpha value is -0.770. The highest BCUT2D eigenvalue weighted by Crippen LogP contribution is 2.49. The Morgan fingerprint density at radius 3 is 2.30 bits per heavy atom. The van der Waals surface area contributed by atoms with Gasteiger partial charge in [-0.3, -0.25) is 0 Å². The third-order valence-electron chi connectivity index (χ3n) is 4.47. The number of rotatable bonds is 0. The molecule has 2 heterocycles. The maximum atomic E-state index is 12.5. The van der Waals surface area contributed by atoms with Crippen molar-refractivity contribution in [2.75, 3.05) is 19.6 Å². The number of carbonyl (C=O) groups excluding carboxylic acids is 1. The summed E-state index contributed by atoms with van der Waals surface area (Å²) < 4.78 is 5.62. The van der Waals surface area contributed by atoms with E-state index in [-0.39, 0.29) is 23.0 Å². The Balaban J connectivity index is 2.23. The van der Waals surface area contributed by atoms with Gasteiger partial charge in [0.05, 0.1) is 0 Å². The number of ether oxygens (including phenoxy) is 1. The van der Waals surface area contributed by atoms with Crippen LogP contribution in [0.3, 0.4) is 0 Å². The lowest BCUT2D eigenvalue weighted by Crippen LogP contribution is -2.52. The second kappa shape index (κ2) is 4.90. The lowest BCUT2D eigenvalue weighted by atomic mass is 9.69. The first kappa shape index (κ1) is 15.6. The molecule has 0 radical (unpaired) electrons. The SMILES string of the molecule is CC(C)(C)OC(=O)N1CCC2(CCNC2)C1C(C)(C)C. The van der Waals surface area contributed by atoms with Gasteiger partial charge in [-0.2, -0.15) is 0 Å². The van der Waals surface area contributed by atoms with Gasteiger partial charge in [-0.15, -0.1) is 0 Å². The van der Waals surface area contributed by atoms with Crippen molar-refractivity contribution in [3.8, 4) is 0 Å². The molecule has 2 rings (SSSR count). The van der Waals surface area contributed by atoms with Crippen LogP contribution in [0.2, 0.25) is 0 Å². The number of amides is 1. The van der Waals surface area contributed by atoms with E-state index in [4.69, 9.17) is 4.74 Å². The molecule has 4 nitrogen and oxygen atoms in total. The van der Waals surface area contributed by atoms with Crippen LogP contribution in [-0.2, 0) is 4.74 Å². The molecule has 1 spiro atoms. The minimum atomic E-state index is -0.427. The summed E-state index contributed by atoms with van der Waals surface area (Å²) in [4.78, 5) is 14.5. The molecule has 0 aliphatic carbocycles. The maximum Gasteiger partial charge on any atom is 0.410 e. The van der Waals surface area contributed by atoms with Gasteiger partial charge < -0.3 is 15.0 Å². The predicted octanol–water partition coefficient (Wildman–Crippen LogP) is 3.02. The molecule has 0 bridgehead atoms. The predicted molar refractivity (Wildman–Crippen MR) is 80.7 cm³/mol. The van der Waals surface area contributed by atoms with Crippen molar-refractivity contribution < 1.29 is 9.53 Å². The molecule has 0 aromatic rings. The molecule has 2 fully saturated rings. The maximum absolute atomic E-state index is 12.5. The van der Waals surface area contributed by atoms with Crippen molar-refractivity contribution in [1.82, 2.24) is 10.2 Å². The van der Waals surface area contributed by atoms with E-state index in [0.29, 0.717) is 0 Å². The molecule has 116 valence electrons. The summed E-state index contributed by atoms with van der Waals surface area (Å²) >= 11 is 0. The van der Waals surface area contributed by atoms with Crippen LogP contribution in [0.15, 0.2) is 0 Å². The van der Waals surface area contributed by atoms with Crippen LogP contribution in [0.25, 0.3) is 0 Å². The van der Waals surface area contributed by atoms with Gasteiger partial charge in [0, 0.05) is 24.5 Å². The van der Waals surface area contributed by atoms with Crippen molar-refractivity contribution in [1.29, 1.82) is 0 Å². The molecule has 20 heavy (non-hydrogen) atoms. The van der Waals surface area contributed by atoms with E-state index in [1.165, 1.54) is 0 Å². The monoisotopic (exact) mass is 282 g/mol. The van der Waals surface area contributed by atoms with Crippen LogP contribution in [0.4, 0.5) is 4.79 Å². The minimum absolute atomic E-state index is 0.0689. The molecule has 2 unspecified atom stereocenters.